The number of rotatable bonds is 6. The van der Waals surface area contributed by atoms with Gasteiger partial charge in [-0.1, -0.05) is 23.8 Å². The van der Waals surface area contributed by atoms with E-state index >= 15 is 0 Å². The summed E-state index contributed by atoms with van der Waals surface area (Å²) in [5.41, 5.74) is 4.92. The van der Waals surface area contributed by atoms with Gasteiger partial charge in [0.2, 0.25) is 0 Å². The Morgan fingerprint density at radius 2 is 2.00 bits per heavy atom. The average molecular weight is 290 g/mol. The highest BCUT2D eigenvalue weighted by molar-refractivity contribution is 7.12. The van der Waals surface area contributed by atoms with Gasteiger partial charge in [0.25, 0.3) is 0 Å². The lowest BCUT2D eigenvalue weighted by Crippen LogP contribution is -2.20. The SMILES string of the molecule is Cc1ccc(-c2nc(CCNCCO)sc2C)c(C)c1. The molecule has 1 aromatic heterocycles. The number of nitrogens with zero attached hydrogens (tertiary/aromatic N) is 1. The number of aromatic nitrogens is 1. The highest BCUT2D eigenvalue weighted by atomic mass is 32.1. The Bertz CT molecular complexity index is 578. The number of aliphatic hydroxyl groups is 1. The number of aryl methyl sites for hydroxylation is 3. The first-order chi connectivity index (χ1) is 9.61. The van der Waals surface area contributed by atoms with Crippen LogP contribution in [0.5, 0.6) is 0 Å². The molecular formula is C16H22N2OS. The summed E-state index contributed by atoms with van der Waals surface area (Å²) in [5, 5.41) is 13.1. The van der Waals surface area contributed by atoms with Gasteiger partial charge in [0.05, 0.1) is 17.3 Å². The molecule has 0 aliphatic heterocycles. The fourth-order valence-electron chi connectivity index (χ4n) is 2.29. The fourth-order valence-corrected chi connectivity index (χ4v) is 3.23. The lowest BCUT2D eigenvalue weighted by Gasteiger charge is -2.05. The molecule has 20 heavy (non-hydrogen) atoms. The molecule has 0 bridgehead atoms. The minimum Gasteiger partial charge on any atom is -0.395 e. The third kappa shape index (κ3) is 3.66. The maximum atomic E-state index is 8.74. The van der Waals surface area contributed by atoms with Gasteiger partial charge >= 0.3 is 0 Å². The summed E-state index contributed by atoms with van der Waals surface area (Å²) in [5.74, 6) is 0. The van der Waals surface area contributed by atoms with Crippen LogP contribution in [0.15, 0.2) is 18.2 Å². The van der Waals surface area contributed by atoms with E-state index in [2.05, 4.69) is 44.3 Å². The van der Waals surface area contributed by atoms with Crippen molar-refractivity contribution >= 4 is 11.3 Å². The van der Waals surface area contributed by atoms with Gasteiger partial charge in [0, 0.05) is 30.0 Å². The molecule has 108 valence electrons. The van der Waals surface area contributed by atoms with Crippen LogP contribution in [0.1, 0.15) is 21.0 Å². The summed E-state index contributed by atoms with van der Waals surface area (Å²) in [4.78, 5) is 6.06. The summed E-state index contributed by atoms with van der Waals surface area (Å²) < 4.78 is 0. The highest BCUT2D eigenvalue weighted by Gasteiger charge is 2.11. The molecule has 1 aromatic carbocycles. The van der Waals surface area contributed by atoms with Crippen molar-refractivity contribution in [2.45, 2.75) is 27.2 Å². The smallest absolute Gasteiger partial charge is 0.0948 e. The van der Waals surface area contributed by atoms with Crippen molar-refractivity contribution in [1.29, 1.82) is 0 Å². The molecule has 2 rings (SSSR count). The van der Waals surface area contributed by atoms with Gasteiger partial charge in [-0.3, -0.25) is 0 Å². The maximum Gasteiger partial charge on any atom is 0.0948 e. The van der Waals surface area contributed by atoms with Crippen molar-refractivity contribution in [3.8, 4) is 11.3 Å². The van der Waals surface area contributed by atoms with E-state index in [-0.39, 0.29) is 6.61 Å². The monoisotopic (exact) mass is 290 g/mol. The summed E-state index contributed by atoms with van der Waals surface area (Å²) in [7, 11) is 0. The molecule has 0 aliphatic carbocycles. The molecule has 2 N–H and O–H groups in total. The van der Waals surface area contributed by atoms with Crippen molar-refractivity contribution in [3.05, 3.63) is 39.2 Å². The minimum atomic E-state index is 0.185. The normalized spacial score (nSPS) is 11.0. The Hall–Kier alpha value is -1.23. The van der Waals surface area contributed by atoms with Crippen molar-refractivity contribution in [2.75, 3.05) is 19.7 Å². The van der Waals surface area contributed by atoms with E-state index in [4.69, 9.17) is 10.1 Å². The summed E-state index contributed by atoms with van der Waals surface area (Å²) in [6.07, 6.45) is 0.913. The minimum absolute atomic E-state index is 0.185. The van der Waals surface area contributed by atoms with Gasteiger partial charge in [0.1, 0.15) is 0 Å². The molecule has 3 nitrogen and oxygen atoms in total. The molecule has 0 atom stereocenters. The molecular weight excluding hydrogens is 268 g/mol. The Morgan fingerprint density at radius 1 is 1.20 bits per heavy atom. The quantitative estimate of drug-likeness (QED) is 0.804. The van der Waals surface area contributed by atoms with Gasteiger partial charge in [-0.15, -0.1) is 11.3 Å². The lowest BCUT2D eigenvalue weighted by atomic mass is 10.0. The van der Waals surface area contributed by atoms with Gasteiger partial charge < -0.3 is 10.4 Å². The van der Waals surface area contributed by atoms with Crippen molar-refractivity contribution in [3.63, 3.8) is 0 Å². The molecule has 0 saturated carbocycles. The molecule has 0 unspecified atom stereocenters. The second kappa shape index (κ2) is 6.97. The molecule has 0 saturated heterocycles. The van der Waals surface area contributed by atoms with Crippen LogP contribution in [0.3, 0.4) is 0 Å². The van der Waals surface area contributed by atoms with Crippen LogP contribution in [0.2, 0.25) is 0 Å². The fraction of sp³-hybridized carbons (Fsp3) is 0.438. The second-order valence-corrected chi connectivity index (χ2v) is 6.34. The predicted molar refractivity (Wildman–Crippen MR) is 85.4 cm³/mol. The predicted octanol–water partition coefficient (Wildman–Crippen LogP) is 2.86. The van der Waals surface area contributed by atoms with Gasteiger partial charge in [0.15, 0.2) is 0 Å². The molecule has 0 radical (unpaired) electrons. The van der Waals surface area contributed by atoms with Crippen LogP contribution >= 0.6 is 11.3 Å². The van der Waals surface area contributed by atoms with Crippen molar-refractivity contribution in [2.24, 2.45) is 0 Å². The van der Waals surface area contributed by atoms with Crippen LogP contribution < -0.4 is 5.32 Å². The van der Waals surface area contributed by atoms with Crippen LogP contribution in [0.4, 0.5) is 0 Å². The maximum absolute atomic E-state index is 8.74. The standard InChI is InChI=1S/C16H22N2OS/c1-11-4-5-14(12(2)10-11)16-13(3)20-15(18-16)6-7-17-8-9-19/h4-5,10,17,19H,6-9H2,1-3H3. The Kier molecular flexibility index (Phi) is 5.29. The molecule has 0 fully saturated rings. The summed E-state index contributed by atoms with van der Waals surface area (Å²) in [6, 6.07) is 6.51. The third-order valence-corrected chi connectivity index (χ3v) is 4.31. The Balaban J connectivity index is 2.14. The molecule has 1 heterocycles. The van der Waals surface area contributed by atoms with Crippen molar-refractivity contribution < 1.29 is 5.11 Å². The zero-order valence-electron chi connectivity index (χ0n) is 12.4. The van der Waals surface area contributed by atoms with Crippen LogP contribution in [-0.2, 0) is 6.42 Å². The third-order valence-electron chi connectivity index (χ3n) is 3.28. The molecule has 0 aliphatic rings. The van der Waals surface area contributed by atoms with Crippen LogP contribution in [0.25, 0.3) is 11.3 Å². The van der Waals surface area contributed by atoms with E-state index in [9.17, 15) is 0 Å². The molecule has 0 spiro atoms. The molecule has 0 amide bonds. The van der Waals surface area contributed by atoms with E-state index in [1.807, 2.05) is 0 Å². The Labute approximate surface area is 124 Å². The van der Waals surface area contributed by atoms with Crippen LogP contribution in [0, 0.1) is 20.8 Å². The van der Waals surface area contributed by atoms with Gasteiger partial charge in [-0.25, -0.2) is 4.98 Å². The van der Waals surface area contributed by atoms with E-state index in [0.717, 1.165) is 23.7 Å². The largest absolute Gasteiger partial charge is 0.395 e. The topological polar surface area (TPSA) is 45.2 Å². The Morgan fingerprint density at radius 3 is 2.70 bits per heavy atom. The zero-order chi connectivity index (χ0) is 14.5. The van der Waals surface area contributed by atoms with E-state index in [1.54, 1.807) is 11.3 Å². The number of hydrogen-bond donors (Lipinski definition) is 2. The summed E-state index contributed by atoms with van der Waals surface area (Å²) in [6.45, 7) is 8.09. The number of nitrogens with one attached hydrogen (secondary N) is 1. The van der Waals surface area contributed by atoms with Crippen LogP contribution in [-0.4, -0.2) is 29.8 Å². The number of hydrogen-bond acceptors (Lipinski definition) is 4. The lowest BCUT2D eigenvalue weighted by molar-refractivity contribution is 0.293. The van der Waals surface area contributed by atoms with Gasteiger partial charge in [-0.05, 0) is 26.3 Å². The molecule has 2 aromatic rings. The number of thiazole rings is 1. The second-order valence-electron chi connectivity index (χ2n) is 5.05. The first kappa shape index (κ1) is 15.2. The average Bonchev–Trinajstić information content (AvgIpc) is 2.76. The molecule has 4 heteroatoms. The zero-order valence-corrected chi connectivity index (χ0v) is 13.2. The number of aliphatic hydroxyl groups excluding tert-OH is 1. The van der Waals surface area contributed by atoms with E-state index < -0.39 is 0 Å². The van der Waals surface area contributed by atoms with E-state index in [1.165, 1.54) is 21.6 Å². The summed E-state index contributed by atoms with van der Waals surface area (Å²) >= 11 is 1.77. The number of benzene rings is 1. The van der Waals surface area contributed by atoms with E-state index in [0.29, 0.717) is 6.54 Å². The van der Waals surface area contributed by atoms with Crippen molar-refractivity contribution in [1.82, 2.24) is 10.3 Å². The highest BCUT2D eigenvalue weighted by Crippen LogP contribution is 2.30. The van der Waals surface area contributed by atoms with Gasteiger partial charge in [-0.2, -0.15) is 0 Å². The first-order valence-corrected chi connectivity index (χ1v) is 7.79. The first-order valence-electron chi connectivity index (χ1n) is 6.97.